The lowest BCUT2D eigenvalue weighted by Gasteiger charge is -2.25. The van der Waals surface area contributed by atoms with Gasteiger partial charge in [-0.15, -0.1) is 0 Å². The monoisotopic (exact) mass is 369 g/mol. The number of carbonyl (C=O) groups excluding carboxylic acids is 1. The fourth-order valence-electron chi connectivity index (χ4n) is 2.51. The number of non-ortho nitro benzene ring substituents is 1. The lowest BCUT2D eigenvalue weighted by Crippen LogP contribution is -2.42. The molecule has 1 aromatic rings. The van der Waals surface area contributed by atoms with E-state index in [0.29, 0.717) is 19.0 Å². The summed E-state index contributed by atoms with van der Waals surface area (Å²) in [7, 11) is -2.66. The van der Waals surface area contributed by atoms with Gasteiger partial charge in [0.05, 0.1) is 16.4 Å². The van der Waals surface area contributed by atoms with Gasteiger partial charge >= 0.3 is 0 Å². The summed E-state index contributed by atoms with van der Waals surface area (Å²) in [4.78, 5) is 24.2. The van der Waals surface area contributed by atoms with Gasteiger partial charge in [0.15, 0.2) is 0 Å². The minimum absolute atomic E-state index is 0.193. The van der Waals surface area contributed by atoms with Crippen molar-refractivity contribution in [2.75, 3.05) is 26.7 Å². The molecule has 1 saturated carbocycles. The summed E-state index contributed by atoms with van der Waals surface area (Å²) in [5.41, 5.74) is -0.304. The van der Waals surface area contributed by atoms with Crippen molar-refractivity contribution in [2.45, 2.75) is 31.1 Å². The molecule has 0 spiro atoms. The van der Waals surface area contributed by atoms with E-state index in [1.807, 2.05) is 6.92 Å². The standard InChI is InChI=1S/C16H23N3O5S/c1-3-9-18(11-13-7-8-13)16(20)12-17(2)25(23,24)15-6-4-5-14(10-15)19(21)22/h4-6,10,13H,3,7-9,11-12H2,1-2H3. The van der Waals surface area contributed by atoms with Gasteiger partial charge in [-0.3, -0.25) is 14.9 Å². The van der Waals surface area contributed by atoms with Gasteiger partial charge < -0.3 is 4.90 Å². The van der Waals surface area contributed by atoms with Crippen molar-refractivity contribution < 1.29 is 18.1 Å². The molecule has 1 aliphatic rings. The molecule has 0 unspecified atom stereocenters. The van der Waals surface area contributed by atoms with Crippen LogP contribution in [0, 0.1) is 16.0 Å². The first-order valence-corrected chi connectivity index (χ1v) is 9.68. The van der Waals surface area contributed by atoms with Gasteiger partial charge in [0.25, 0.3) is 5.69 Å². The molecule has 2 rings (SSSR count). The molecule has 0 N–H and O–H groups in total. The summed E-state index contributed by atoms with van der Waals surface area (Å²) >= 11 is 0. The number of likely N-dealkylation sites (N-methyl/N-ethyl adjacent to an activating group) is 1. The minimum atomic E-state index is -3.97. The van der Waals surface area contributed by atoms with E-state index >= 15 is 0 Å². The first-order chi connectivity index (χ1) is 11.8. The summed E-state index contributed by atoms with van der Waals surface area (Å²) in [5.74, 6) is 0.277. The van der Waals surface area contributed by atoms with Crippen LogP contribution in [0.15, 0.2) is 29.2 Å². The molecule has 1 aliphatic carbocycles. The van der Waals surface area contributed by atoms with Crippen LogP contribution in [0.3, 0.4) is 0 Å². The normalized spacial score (nSPS) is 14.5. The molecule has 9 heteroatoms. The lowest BCUT2D eigenvalue weighted by molar-refractivity contribution is -0.385. The first kappa shape index (κ1) is 19.3. The van der Waals surface area contributed by atoms with E-state index in [0.717, 1.165) is 29.6 Å². The Morgan fingerprint density at radius 2 is 2.04 bits per heavy atom. The number of hydrogen-bond donors (Lipinski definition) is 0. The smallest absolute Gasteiger partial charge is 0.270 e. The third kappa shape index (κ3) is 4.99. The predicted molar refractivity (Wildman–Crippen MR) is 92.5 cm³/mol. The SMILES string of the molecule is CCCN(CC1CC1)C(=O)CN(C)S(=O)(=O)c1cccc([N+](=O)[O-])c1. The maximum atomic E-state index is 12.6. The van der Waals surface area contributed by atoms with Crippen LogP contribution in [0.25, 0.3) is 0 Å². The predicted octanol–water partition coefficient (Wildman–Crippen LogP) is 1.86. The molecule has 0 atom stereocenters. The van der Waals surface area contributed by atoms with Crippen LogP contribution >= 0.6 is 0 Å². The molecule has 1 fully saturated rings. The van der Waals surface area contributed by atoms with Crippen molar-refractivity contribution >= 4 is 21.6 Å². The summed E-state index contributed by atoms with van der Waals surface area (Å²) in [6.07, 6.45) is 3.02. The molecule has 0 bridgehead atoms. The zero-order chi connectivity index (χ0) is 18.6. The zero-order valence-corrected chi connectivity index (χ0v) is 15.2. The Balaban J connectivity index is 2.11. The number of nitrogens with zero attached hydrogens (tertiary/aromatic N) is 3. The van der Waals surface area contributed by atoms with Crippen LogP contribution in [0.2, 0.25) is 0 Å². The van der Waals surface area contributed by atoms with Gasteiger partial charge in [0.1, 0.15) is 0 Å². The highest BCUT2D eigenvalue weighted by Crippen LogP contribution is 2.30. The van der Waals surface area contributed by atoms with Crippen LogP contribution in [0.1, 0.15) is 26.2 Å². The topological polar surface area (TPSA) is 101 Å². The Morgan fingerprint density at radius 1 is 1.36 bits per heavy atom. The third-order valence-corrected chi connectivity index (χ3v) is 5.92. The fourth-order valence-corrected chi connectivity index (χ4v) is 3.67. The maximum absolute atomic E-state index is 12.6. The highest BCUT2D eigenvalue weighted by Gasteiger charge is 2.29. The van der Waals surface area contributed by atoms with E-state index < -0.39 is 14.9 Å². The first-order valence-electron chi connectivity index (χ1n) is 8.24. The van der Waals surface area contributed by atoms with Crippen molar-refractivity contribution in [3.63, 3.8) is 0 Å². The highest BCUT2D eigenvalue weighted by atomic mass is 32.2. The number of hydrogen-bond acceptors (Lipinski definition) is 5. The Morgan fingerprint density at radius 3 is 2.60 bits per heavy atom. The van der Waals surface area contributed by atoms with Crippen molar-refractivity contribution in [1.82, 2.24) is 9.21 Å². The molecular weight excluding hydrogens is 346 g/mol. The minimum Gasteiger partial charge on any atom is -0.341 e. The summed E-state index contributed by atoms with van der Waals surface area (Å²) in [6, 6.07) is 4.83. The number of nitro groups is 1. The van der Waals surface area contributed by atoms with Gasteiger partial charge in [0, 0.05) is 32.3 Å². The molecule has 0 aliphatic heterocycles. The molecule has 25 heavy (non-hydrogen) atoms. The second-order valence-electron chi connectivity index (χ2n) is 6.30. The van der Waals surface area contributed by atoms with E-state index in [2.05, 4.69) is 0 Å². The second kappa shape index (κ2) is 7.92. The van der Waals surface area contributed by atoms with Crippen LogP contribution in [-0.4, -0.2) is 55.1 Å². The average Bonchev–Trinajstić information content (AvgIpc) is 3.38. The van der Waals surface area contributed by atoms with Crippen molar-refractivity contribution in [3.05, 3.63) is 34.4 Å². The van der Waals surface area contributed by atoms with Crippen LogP contribution in [0.4, 0.5) is 5.69 Å². The Bertz CT molecular complexity index is 746. The van der Waals surface area contributed by atoms with Crippen LogP contribution in [-0.2, 0) is 14.8 Å². The molecular formula is C16H23N3O5S. The van der Waals surface area contributed by atoms with Crippen molar-refractivity contribution in [3.8, 4) is 0 Å². The number of amides is 1. The number of rotatable bonds is 9. The number of carbonyl (C=O) groups is 1. The van der Waals surface area contributed by atoms with E-state index in [-0.39, 0.29) is 23.0 Å². The Labute approximate surface area is 147 Å². The molecule has 1 aromatic carbocycles. The Kier molecular flexibility index (Phi) is 6.12. The van der Waals surface area contributed by atoms with E-state index in [1.165, 1.54) is 25.2 Å². The summed E-state index contributed by atoms with van der Waals surface area (Å²) in [5, 5.41) is 10.8. The second-order valence-corrected chi connectivity index (χ2v) is 8.34. The van der Waals surface area contributed by atoms with Crippen molar-refractivity contribution in [2.24, 2.45) is 5.92 Å². The van der Waals surface area contributed by atoms with Gasteiger partial charge in [-0.1, -0.05) is 13.0 Å². The molecule has 138 valence electrons. The summed E-state index contributed by atoms with van der Waals surface area (Å²) < 4.78 is 26.1. The zero-order valence-electron chi connectivity index (χ0n) is 14.4. The highest BCUT2D eigenvalue weighted by molar-refractivity contribution is 7.89. The molecule has 0 saturated heterocycles. The maximum Gasteiger partial charge on any atom is 0.270 e. The van der Waals surface area contributed by atoms with Gasteiger partial charge in [-0.05, 0) is 31.2 Å². The molecule has 0 aromatic heterocycles. The van der Waals surface area contributed by atoms with Gasteiger partial charge in [-0.25, -0.2) is 8.42 Å². The van der Waals surface area contributed by atoms with E-state index in [1.54, 1.807) is 4.90 Å². The third-order valence-electron chi connectivity index (χ3n) is 4.12. The van der Waals surface area contributed by atoms with Crippen LogP contribution in [0.5, 0.6) is 0 Å². The fraction of sp³-hybridized carbons (Fsp3) is 0.562. The van der Waals surface area contributed by atoms with Gasteiger partial charge in [-0.2, -0.15) is 4.31 Å². The molecule has 8 nitrogen and oxygen atoms in total. The molecule has 1 amide bonds. The number of sulfonamides is 1. The largest absolute Gasteiger partial charge is 0.341 e. The number of benzene rings is 1. The van der Waals surface area contributed by atoms with Crippen molar-refractivity contribution in [1.29, 1.82) is 0 Å². The lowest BCUT2D eigenvalue weighted by atomic mass is 10.3. The molecule has 0 radical (unpaired) electrons. The van der Waals surface area contributed by atoms with Crippen LogP contribution < -0.4 is 0 Å². The van der Waals surface area contributed by atoms with E-state index in [9.17, 15) is 23.3 Å². The summed E-state index contributed by atoms with van der Waals surface area (Å²) in [6.45, 7) is 2.95. The quantitative estimate of drug-likeness (QED) is 0.488. The molecule has 0 heterocycles. The van der Waals surface area contributed by atoms with Gasteiger partial charge in [0.2, 0.25) is 15.9 Å². The average molecular weight is 369 g/mol. The Hall–Kier alpha value is -2.00. The number of nitro benzene ring substituents is 1. The van der Waals surface area contributed by atoms with E-state index in [4.69, 9.17) is 0 Å².